The molecule has 0 aromatic heterocycles. The average molecular weight is 391 g/mol. The molecule has 28 heavy (non-hydrogen) atoms. The van der Waals surface area contributed by atoms with Gasteiger partial charge in [0.25, 0.3) is 0 Å². The van der Waals surface area contributed by atoms with Crippen LogP contribution >= 0.6 is 0 Å². The highest BCUT2D eigenvalue weighted by Crippen LogP contribution is 2.21. The molecule has 0 saturated carbocycles. The van der Waals surface area contributed by atoms with Crippen LogP contribution in [-0.2, 0) is 25.7 Å². The van der Waals surface area contributed by atoms with Gasteiger partial charge in [-0.15, -0.1) is 0 Å². The van der Waals surface area contributed by atoms with Crippen LogP contribution in [0.1, 0.15) is 18.4 Å². The number of ether oxygens (including phenoxy) is 1. The standard InChI is InChI=1S/C20H26FN3O4/c1-28-10-9-23-13-16(5-6-18(23)25)20(27)24-8-7-22(19(26)14-24)12-15-3-2-4-17(21)11-15/h2-4,11,16H,5-10,12-14H2,1H3/t16-/m0/s1. The van der Waals surface area contributed by atoms with Crippen LogP contribution in [0.2, 0.25) is 0 Å². The molecule has 2 saturated heterocycles. The molecule has 2 aliphatic rings. The normalized spacial score (nSPS) is 20.6. The third kappa shape index (κ3) is 4.86. The first kappa shape index (κ1) is 20.3. The lowest BCUT2D eigenvalue weighted by Gasteiger charge is -2.38. The first-order valence-electron chi connectivity index (χ1n) is 9.55. The first-order valence-corrected chi connectivity index (χ1v) is 9.55. The minimum Gasteiger partial charge on any atom is -0.383 e. The van der Waals surface area contributed by atoms with Gasteiger partial charge in [0.2, 0.25) is 17.7 Å². The molecule has 3 rings (SSSR count). The SMILES string of the molecule is COCCN1C[C@@H](C(=O)N2CCN(Cc3cccc(F)c3)C(=O)C2)CCC1=O. The summed E-state index contributed by atoms with van der Waals surface area (Å²) in [6, 6.07) is 6.18. The predicted molar refractivity (Wildman–Crippen MR) is 99.6 cm³/mol. The summed E-state index contributed by atoms with van der Waals surface area (Å²) in [7, 11) is 1.58. The topological polar surface area (TPSA) is 70.2 Å². The van der Waals surface area contributed by atoms with Gasteiger partial charge in [0, 0.05) is 46.3 Å². The zero-order valence-corrected chi connectivity index (χ0v) is 16.1. The van der Waals surface area contributed by atoms with E-state index in [9.17, 15) is 18.8 Å². The molecule has 7 nitrogen and oxygen atoms in total. The number of halogens is 1. The zero-order valence-electron chi connectivity index (χ0n) is 16.1. The van der Waals surface area contributed by atoms with Crippen LogP contribution < -0.4 is 0 Å². The molecule has 1 atom stereocenters. The molecular weight excluding hydrogens is 365 g/mol. The molecule has 1 aromatic carbocycles. The van der Waals surface area contributed by atoms with Gasteiger partial charge in [-0.1, -0.05) is 12.1 Å². The summed E-state index contributed by atoms with van der Waals surface area (Å²) in [4.78, 5) is 42.3. The van der Waals surface area contributed by atoms with E-state index in [0.717, 1.165) is 5.56 Å². The van der Waals surface area contributed by atoms with Gasteiger partial charge in [-0.2, -0.15) is 0 Å². The summed E-state index contributed by atoms with van der Waals surface area (Å²) in [6.07, 6.45) is 0.854. The van der Waals surface area contributed by atoms with E-state index in [0.29, 0.717) is 52.2 Å². The van der Waals surface area contributed by atoms with Gasteiger partial charge in [-0.05, 0) is 24.1 Å². The fourth-order valence-corrected chi connectivity index (χ4v) is 3.71. The molecule has 0 bridgehead atoms. The highest BCUT2D eigenvalue weighted by molar-refractivity contribution is 5.88. The molecule has 152 valence electrons. The lowest BCUT2D eigenvalue weighted by molar-refractivity contribution is -0.151. The molecule has 8 heteroatoms. The maximum absolute atomic E-state index is 13.3. The van der Waals surface area contributed by atoms with E-state index in [4.69, 9.17) is 4.74 Å². The van der Waals surface area contributed by atoms with Gasteiger partial charge in [-0.3, -0.25) is 14.4 Å². The monoisotopic (exact) mass is 391 g/mol. The van der Waals surface area contributed by atoms with Crippen LogP contribution in [0.25, 0.3) is 0 Å². The Balaban J connectivity index is 1.55. The molecule has 3 amide bonds. The van der Waals surface area contributed by atoms with Gasteiger partial charge in [0.15, 0.2) is 0 Å². The minimum absolute atomic E-state index is 0.0245. The maximum Gasteiger partial charge on any atom is 0.242 e. The Morgan fingerprint density at radius 1 is 1.21 bits per heavy atom. The fraction of sp³-hybridized carbons (Fsp3) is 0.550. The summed E-state index contributed by atoms with van der Waals surface area (Å²) in [5.41, 5.74) is 0.729. The number of benzene rings is 1. The summed E-state index contributed by atoms with van der Waals surface area (Å²) >= 11 is 0. The Bertz CT molecular complexity index is 742. The van der Waals surface area contributed by atoms with Crippen molar-refractivity contribution in [1.29, 1.82) is 0 Å². The number of rotatable bonds is 6. The maximum atomic E-state index is 13.3. The van der Waals surface area contributed by atoms with Crippen molar-refractivity contribution in [2.24, 2.45) is 5.92 Å². The summed E-state index contributed by atoms with van der Waals surface area (Å²) in [5, 5.41) is 0. The molecule has 2 fully saturated rings. The number of carbonyl (C=O) groups excluding carboxylic acids is 3. The zero-order chi connectivity index (χ0) is 20.1. The van der Waals surface area contributed by atoms with Crippen molar-refractivity contribution in [3.8, 4) is 0 Å². The third-order valence-corrected chi connectivity index (χ3v) is 5.31. The van der Waals surface area contributed by atoms with E-state index in [1.54, 1.807) is 33.9 Å². The van der Waals surface area contributed by atoms with Gasteiger partial charge < -0.3 is 19.4 Å². The molecule has 2 aliphatic heterocycles. The number of methoxy groups -OCH3 is 1. The van der Waals surface area contributed by atoms with Gasteiger partial charge in [-0.25, -0.2) is 4.39 Å². The smallest absolute Gasteiger partial charge is 0.242 e. The van der Waals surface area contributed by atoms with E-state index in [2.05, 4.69) is 0 Å². The highest BCUT2D eigenvalue weighted by atomic mass is 19.1. The van der Waals surface area contributed by atoms with E-state index in [1.165, 1.54) is 12.1 Å². The Morgan fingerprint density at radius 3 is 2.75 bits per heavy atom. The number of piperidine rings is 1. The van der Waals surface area contributed by atoms with E-state index in [1.807, 2.05) is 0 Å². The molecule has 0 N–H and O–H groups in total. The van der Waals surface area contributed by atoms with Crippen LogP contribution in [-0.4, -0.2) is 78.9 Å². The quantitative estimate of drug-likeness (QED) is 0.722. The number of likely N-dealkylation sites (tertiary alicyclic amines) is 1. The lowest BCUT2D eigenvalue weighted by Crippen LogP contribution is -2.55. The second-order valence-corrected chi connectivity index (χ2v) is 7.27. The van der Waals surface area contributed by atoms with Crippen LogP contribution in [0.4, 0.5) is 4.39 Å². The van der Waals surface area contributed by atoms with Crippen molar-refractivity contribution in [3.63, 3.8) is 0 Å². The second-order valence-electron chi connectivity index (χ2n) is 7.27. The number of amides is 3. The number of nitrogens with zero attached hydrogens (tertiary/aromatic N) is 3. The Labute approximate surface area is 164 Å². The Kier molecular flexibility index (Phi) is 6.61. The number of hydrogen-bond donors (Lipinski definition) is 0. The van der Waals surface area contributed by atoms with E-state index in [-0.39, 0.29) is 36.0 Å². The number of piperazine rings is 1. The number of carbonyl (C=O) groups is 3. The van der Waals surface area contributed by atoms with Crippen LogP contribution in [0.15, 0.2) is 24.3 Å². The second kappa shape index (κ2) is 9.14. The molecule has 0 radical (unpaired) electrons. The van der Waals surface area contributed by atoms with E-state index < -0.39 is 0 Å². The van der Waals surface area contributed by atoms with Crippen molar-refractivity contribution in [1.82, 2.24) is 14.7 Å². The summed E-state index contributed by atoms with van der Waals surface area (Å²) in [6.45, 7) is 2.50. The van der Waals surface area contributed by atoms with Crippen molar-refractivity contribution < 1.29 is 23.5 Å². The van der Waals surface area contributed by atoms with Crippen molar-refractivity contribution in [2.75, 3.05) is 46.4 Å². The van der Waals surface area contributed by atoms with Crippen LogP contribution in [0.3, 0.4) is 0 Å². The Morgan fingerprint density at radius 2 is 2.04 bits per heavy atom. The molecule has 0 spiro atoms. The molecular formula is C20H26FN3O4. The van der Waals surface area contributed by atoms with Gasteiger partial charge >= 0.3 is 0 Å². The summed E-state index contributed by atoms with van der Waals surface area (Å²) in [5.74, 6) is -0.793. The molecule has 1 aromatic rings. The van der Waals surface area contributed by atoms with Crippen LogP contribution in [0.5, 0.6) is 0 Å². The highest BCUT2D eigenvalue weighted by Gasteiger charge is 2.35. The molecule has 0 unspecified atom stereocenters. The molecule has 0 aliphatic carbocycles. The van der Waals surface area contributed by atoms with Gasteiger partial charge in [0.05, 0.1) is 19.1 Å². The summed E-state index contributed by atoms with van der Waals surface area (Å²) < 4.78 is 18.4. The van der Waals surface area contributed by atoms with E-state index >= 15 is 0 Å². The fourth-order valence-electron chi connectivity index (χ4n) is 3.71. The van der Waals surface area contributed by atoms with Crippen molar-refractivity contribution in [3.05, 3.63) is 35.6 Å². The number of hydrogen-bond acceptors (Lipinski definition) is 4. The third-order valence-electron chi connectivity index (χ3n) is 5.31. The Hall–Kier alpha value is -2.48. The molecule has 2 heterocycles. The average Bonchev–Trinajstić information content (AvgIpc) is 2.68. The van der Waals surface area contributed by atoms with Crippen molar-refractivity contribution >= 4 is 17.7 Å². The minimum atomic E-state index is -0.330. The lowest BCUT2D eigenvalue weighted by atomic mass is 9.95. The van der Waals surface area contributed by atoms with Crippen molar-refractivity contribution in [2.45, 2.75) is 19.4 Å². The van der Waals surface area contributed by atoms with Gasteiger partial charge in [0.1, 0.15) is 5.82 Å². The predicted octanol–water partition coefficient (Wildman–Crippen LogP) is 0.881. The largest absolute Gasteiger partial charge is 0.383 e. The first-order chi connectivity index (χ1) is 13.5. The van der Waals surface area contributed by atoms with Crippen LogP contribution in [0, 0.1) is 11.7 Å².